The highest BCUT2D eigenvalue weighted by atomic mass is 16.5. The van der Waals surface area contributed by atoms with Gasteiger partial charge in [0.05, 0.1) is 11.6 Å². The molecule has 0 aliphatic rings. The summed E-state index contributed by atoms with van der Waals surface area (Å²) >= 11 is 0. The van der Waals surface area contributed by atoms with Gasteiger partial charge in [-0.05, 0) is 12.1 Å². The maximum absolute atomic E-state index is 12.5. The summed E-state index contributed by atoms with van der Waals surface area (Å²) in [5.41, 5.74) is 17.4. The Morgan fingerprint density at radius 3 is 2.32 bits per heavy atom. The second-order valence-corrected chi connectivity index (χ2v) is 4.94. The fourth-order valence-electron chi connectivity index (χ4n) is 2.13. The second kappa shape index (κ2) is 9.26. The van der Waals surface area contributed by atoms with E-state index in [2.05, 4.69) is 0 Å². The van der Waals surface area contributed by atoms with Crippen molar-refractivity contribution in [1.29, 1.82) is 0 Å². The van der Waals surface area contributed by atoms with Crippen molar-refractivity contribution in [2.75, 3.05) is 32.7 Å². The number of nitrogens with two attached hydrogens (primary N) is 3. The van der Waals surface area contributed by atoms with E-state index in [1.165, 1.54) is 6.92 Å². The van der Waals surface area contributed by atoms with Gasteiger partial charge in [0, 0.05) is 39.6 Å². The topological polar surface area (TPSA) is 125 Å². The Kier molecular flexibility index (Phi) is 7.69. The van der Waals surface area contributed by atoms with Crippen molar-refractivity contribution in [2.24, 2.45) is 17.2 Å². The van der Waals surface area contributed by atoms with Crippen LogP contribution in [0.4, 0.5) is 0 Å². The zero-order valence-electron chi connectivity index (χ0n) is 12.8. The van der Waals surface area contributed by atoms with E-state index < -0.39 is 12.0 Å². The van der Waals surface area contributed by atoms with Crippen LogP contribution in [0.25, 0.3) is 0 Å². The lowest BCUT2D eigenvalue weighted by molar-refractivity contribution is -0.131. The molecule has 0 saturated carbocycles. The van der Waals surface area contributed by atoms with E-state index in [-0.39, 0.29) is 11.5 Å². The number of ether oxygens (including phenoxy) is 1. The van der Waals surface area contributed by atoms with Crippen LogP contribution in [0.15, 0.2) is 24.3 Å². The number of Topliss-reactive ketones (excluding diaryl/α,β-unsaturated/α-hetero) is 1. The molecule has 6 N–H and O–H groups in total. The minimum Gasteiger partial charge on any atom is -0.426 e. The zero-order chi connectivity index (χ0) is 16.5. The van der Waals surface area contributed by atoms with Gasteiger partial charge in [-0.2, -0.15) is 0 Å². The molecular formula is C15H24N4O3. The molecule has 7 heteroatoms. The van der Waals surface area contributed by atoms with Crippen LogP contribution in [-0.4, -0.2) is 55.4 Å². The largest absolute Gasteiger partial charge is 0.426 e. The van der Waals surface area contributed by atoms with Crippen LogP contribution in [-0.2, 0) is 4.79 Å². The summed E-state index contributed by atoms with van der Waals surface area (Å²) in [7, 11) is 0. The van der Waals surface area contributed by atoms with Gasteiger partial charge in [-0.25, -0.2) is 0 Å². The van der Waals surface area contributed by atoms with Gasteiger partial charge >= 0.3 is 5.97 Å². The third kappa shape index (κ3) is 5.53. The Hall–Kier alpha value is -1.80. The van der Waals surface area contributed by atoms with Crippen LogP contribution >= 0.6 is 0 Å². The number of carbonyl (C=O) groups excluding carboxylic acids is 2. The van der Waals surface area contributed by atoms with E-state index in [0.717, 1.165) is 0 Å². The molecule has 122 valence electrons. The second-order valence-electron chi connectivity index (χ2n) is 4.94. The molecule has 1 aromatic carbocycles. The highest BCUT2D eigenvalue weighted by Gasteiger charge is 2.22. The molecule has 22 heavy (non-hydrogen) atoms. The summed E-state index contributed by atoms with van der Waals surface area (Å²) in [6, 6.07) is 5.81. The summed E-state index contributed by atoms with van der Waals surface area (Å²) in [5.74, 6) is -0.544. The summed E-state index contributed by atoms with van der Waals surface area (Å²) in [6.07, 6.45) is 0. The lowest BCUT2D eigenvalue weighted by Gasteiger charge is -2.24. The van der Waals surface area contributed by atoms with Gasteiger partial charge in [-0.1, -0.05) is 12.1 Å². The smallest absolute Gasteiger partial charge is 0.308 e. The average Bonchev–Trinajstić information content (AvgIpc) is 2.47. The van der Waals surface area contributed by atoms with E-state index in [1.54, 1.807) is 24.3 Å². The summed E-state index contributed by atoms with van der Waals surface area (Å²) in [6.45, 7) is 3.79. The molecule has 0 aliphatic carbocycles. The molecule has 0 aliphatic heterocycles. The van der Waals surface area contributed by atoms with Crippen LogP contribution in [0.2, 0.25) is 0 Å². The van der Waals surface area contributed by atoms with Crippen LogP contribution in [0.3, 0.4) is 0 Å². The number of benzene rings is 1. The Morgan fingerprint density at radius 1 is 1.18 bits per heavy atom. The fourth-order valence-corrected chi connectivity index (χ4v) is 2.13. The Balaban J connectivity index is 2.83. The van der Waals surface area contributed by atoms with Gasteiger partial charge in [-0.3, -0.25) is 14.5 Å². The molecule has 0 saturated heterocycles. The van der Waals surface area contributed by atoms with Crippen molar-refractivity contribution in [1.82, 2.24) is 4.90 Å². The van der Waals surface area contributed by atoms with Crippen molar-refractivity contribution >= 4 is 11.8 Å². The standard InChI is InChI=1S/C15H24N4O3/c1-11(20)22-14-5-3-2-4-12(14)15(21)13(18)10-19(8-6-16)9-7-17/h2-5,13H,6-10,16-18H2,1H3. The first-order valence-electron chi connectivity index (χ1n) is 7.19. The third-order valence-electron chi connectivity index (χ3n) is 3.09. The van der Waals surface area contributed by atoms with E-state index in [4.69, 9.17) is 21.9 Å². The number of para-hydroxylation sites is 1. The molecule has 0 radical (unpaired) electrons. The lowest BCUT2D eigenvalue weighted by atomic mass is 10.0. The monoisotopic (exact) mass is 308 g/mol. The van der Waals surface area contributed by atoms with E-state index >= 15 is 0 Å². The van der Waals surface area contributed by atoms with Gasteiger partial charge in [0.25, 0.3) is 0 Å². The minimum atomic E-state index is -0.741. The number of ketones is 1. The molecule has 0 bridgehead atoms. The predicted octanol–water partition coefficient (Wildman–Crippen LogP) is -0.659. The molecule has 0 spiro atoms. The van der Waals surface area contributed by atoms with Crippen molar-refractivity contribution in [3.05, 3.63) is 29.8 Å². The zero-order valence-corrected chi connectivity index (χ0v) is 12.8. The molecule has 1 atom stereocenters. The first kappa shape index (κ1) is 18.2. The van der Waals surface area contributed by atoms with Crippen molar-refractivity contribution in [3.8, 4) is 5.75 Å². The van der Waals surface area contributed by atoms with Gasteiger partial charge in [0.15, 0.2) is 5.78 Å². The van der Waals surface area contributed by atoms with Gasteiger partial charge in [-0.15, -0.1) is 0 Å². The van der Waals surface area contributed by atoms with Crippen molar-refractivity contribution < 1.29 is 14.3 Å². The van der Waals surface area contributed by atoms with Crippen molar-refractivity contribution in [2.45, 2.75) is 13.0 Å². The minimum absolute atomic E-state index is 0.222. The lowest BCUT2D eigenvalue weighted by Crippen LogP contribution is -2.46. The molecule has 0 aromatic heterocycles. The number of carbonyl (C=O) groups is 2. The maximum atomic E-state index is 12.5. The van der Waals surface area contributed by atoms with Crippen LogP contribution < -0.4 is 21.9 Å². The first-order chi connectivity index (χ1) is 10.5. The van der Waals surface area contributed by atoms with E-state index in [9.17, 15) is 9.59 Å². The molecule has 0 heterocycles. The molecular weight excluding hydrogens is 284 g/mol. The summed E-state index contributed by atoms with van der Waals surface area (Å²) in [4.78, 5) is 25.5. The first-order valence-corrected chi connectivity index (χ1v) is 7.19. The van der Waals surface area contributed by atoms with Crippen LogP contribution in [0.5, 0.6) is 5.75 Å². The number of rotatable bonds is 9. The van der Waals surface area contributed by atoms with Gasteiger partial charge in [0.2, 0.25) is 0 Å². The maximum Gasteiger partial charge on any atom is 0.308 e. The quantitative estimate of drug-likeness (QED) is 0.314. The summed E-state index contributed by atoms with van der Waals surface area (Å²) < 4.78 is 5.05. The Bertz CT molecular complexity index is 501. The van der Waals surface area contributed by atoms with E-state index in [0.29, 0.717) is 38.3 Å². The van der Waals surface area contributed by atoms with Gasteiger partial charge < -0.3 is 21.9 Å². The number of hydrogen-bond acceptors (Lipinski definition) is 7. The summed E-state index contributed by atoms with van der Waals surface area (Å²) in [5, 5.41) is 0. The molecule has 1 rings (SSSR count). The van der Waals surface area contributed by atoms with Gasteiger partial charge in [0.1, 0.15) is 5.75 Å². The number of esters is 1. The molecule has 7 nitrogen and oxygen atoms in total. The highest BCUT2D eigenvalue weighted by molar-refractivity contribution is 6.02. The van der Waals surface area contributed by atoms with Crippen LogP contribution in [0.1, 0.15) is 17.3 Å². The Morgan fingerprint density at radius 2 is 1.77 bits per heavy atom. The van der Waals surface area contributed by atoms with Crippen molar-refractivity contribution in [3.63, 3.8) is 0 Å². The molecule has 1 unspecified atom stereocenters. The predicted molar refractivity (Wildman–Crippen MR) is 84.6 cm³/mol. The number of nitrogens with zero attached hydrogens (tertiary/aromatic N) is 1. The number of hydrogen-bond donors (Lipinski definition) is 3. The fraction of sp³-hybridized carbons (Fsp3) is 0.467. The molecule has 0 amide bonds. The average molecular weight is 308 g/mol. The highest BCUT2D eigenvalue weighted by Crippen LogP contribution is 2.19. The normalized spacial score (nSPS) is 12.2. The van der Waals surface area contributed by atoms with Crippen LogP contribution in [0, 0.1) is 0 Å². The molecule has 0 fully saturated rings. The third-order valence-corrected chi connectivity index (χ3v) is 3.09. The molecule has 1 aromatic rings. The Labute approximate surface area is 130 Å². The van der Waals surface area contributed by atoms with E-state index in [1.807, 2.05) is 4.90 Å². The SMILES string of the molecule is CC(=O)Oc1ccccc1C(=O)C(N)CN(CCN)CCN.